The molecule has 1 aliphatic rings. The molecule has 0 atom stereocenters. The quantitative estimate of drug-likeness (QED) is 0.780. The third kappa shape index (κ3) is 4.95. The Labute approximate surface area is 172 Å². The number of primary sulfonamides is 1. The zero-order chi connectivity index (χ0) is 21.2. The minimum Gasteiger partial charge on any atom is -0.369 e. The van der Waals surface area contributed by atoms with Crippen molar-refractivity contribution in [3.05, 3.63) is 53.1 Å². The first-order chi connectivity index (χ1) is 13.7. The molecule has 0 aromatic heterocycles. The zero-order valence-corrected chi connectivity index (χ0v) is 17.9. The van der Waals surface area contributed by atoms with Gasteiger partial charge >= 0.3 is 0 Å². The minimum atomic E-state index is -3.87. The molecule has 0 bridgehead atoms. The van der Waals surface area contributed by atoms with Crippen molar-refractivity contribution in [1.82, 2.24) is 4.90 Å². The third-order valence-electron chi connectivity index (χ3n) is 5.40. The first-order valence-corrected chi connectivity index (χ1v) is 11.3. The van der Waals surface area contributed by atoms with E-state index < -0.39 is 10.0 Å². The number of benzene rings is 2. The largest absolute Gasteiger partial charge is 0.369 e. The van der Waals surface area contributed by atoms with E-state index in [1.54, 1.807) is 13.0 Å². The summed E-state index contributed by atoms with van der Waals surface area (Å²) < 4.78 is 23.2. The number of likely N-dealkylation sites (N-methyl/N-ethyl adjacent to an activating group) is 1. The molecule has 3 N–H and O–H groups in total. The van der Waals surface area contributed by atoms with Crippen molar-refractivity contribution in [2.45, 2.75) is 25.7 Å². The first kappa shape index (κ1) is 21.3. The molecule has 1 aliphatic heterocycles. The summed E-state index contributed by atoms with van der Waals surface area (Å²) in [6, 6.07) is 10.1. The van der Waals surface area contributed by atoms with Crippen LogP contribution < -0.4 is 15.4 Å². The van der Waals surface area contributed by atoms with Gasteiger partial charge in [0.15, 0.2) is 0 Å². The van der Waals surface area contributed by atoms with Gasteiger partial charge in [-0.05, 0) is 61.9 Å². The summed E-state index contributed by atoms with van der Waals surface area (Å²) in [7, 11) is -3.87. The van der Waals surface area contributed by atoms with Crippen molar-refractivity contribution in [2.75, 3.05) is 42.9 Å². The van der Waals surface area contributed by atoms with Crippen molar-refractivity contribution < 1.29 is 13.2 Å². The van der Waals surface area contributed by atoms with Crippen LogP contribution in [0.1, 0.15) is 28.4 Å². The second kappa shape index (κ2) is 8.52. The van der Waals surface area contributed by atoms with Crippen LogP contribution in [0.4, 0.5) is 11.4 Å². The third-order valence-corrected chi connectivity index (χ3v) is 6.31. The topological polar surface area (TPSA) is 95.7 Å². The van der Waals surface area contributed by atoms with Gasteiger partial charge in [0, 0.05) is 43.1 Å². The van der Waals surface area contributed by atoms with E-state index in [0.29, 0.717) is 11.3 Å². The molecule has 29 heavy (non-hydrogen) atoms. The maximum absolute atomic E-state index is 12.7. The van der Waals surface area contributed by atoms with Crippen LogP contribution in [0.15, 0.2) is 41.3 Å². The molecule has 156 valence electrons. The predicted octanol–water partition coefficient (Wildman–Crippen LogP) is 2.35. The Bertz CT molecular complexity index is 1010. The molecule has 0 radical (unpaired) electrons. The lowest BCUT2D eigenvalue weighted by Crippen LogP contribution is -2.46. The number of sulfonamides is 1. The van der Waals surface area contributed by atoms with Crippen LogP contribution in [-0.4, -0.2) is 51.9 Å². The number of rotatable bonds is 5. The standard InChI is InChI=1S/C21H28N4O3S/c1-4-24-9-11-25(12-10-24)20-8-6-17(13-16(20)3)23-21(26)19-14-18(29(22,27)28)7-5-15(19)2/h5-8,13-14H,4,9-12H2,1-3H3,(H,23,26)(H2,22,27,28). The Morgan fingerprint density at radius 1 is 1.03 bits per heavy atom. The van der Waals surface area contributed by atoms with Crippen LogP contribution in [0.5, 0.6) is 0 Å². The van der Waals surface area contributed by atoms with E-state index in [1.165, 1.54) is 17.8 Å². The van der Waals surface area contributed by atoms with Crippen LogP contribution in [0.3, 0.4) is 0 Å². The van der Waals surface area contributed by atoms with Crippen LogP contribution in [0.25, 0.3) is 0 Å². The summed E-state index contributed by atoms with van der Waals surface area (Å²) in [6.45, 7) is 11.1. The molecule has 1 heterocycles. The van der Waals surface area contributed by atoms with Gasteiger partial charge in [0.1, 0.15) is 0 Å². The van der Waals surface area contributed by atoms with Gasteiger partial charge in [-0.25, -0.2) is 13.6 Å². The number of carbonyl (C=O) groups is 1. The van der Waals surface area contributed by atoms with Crippen molar-refractivity contribution >= 4 is 27.3 Å². The van der Waals surface area contributed by atoms with E-state index in [-0.39, 0.29) is 16.4 Å². The molecule has 0 unspecified atom stereocenters. The average Bonchev–Trinajstić information content (AvgIpc) is 2.67. The van der Waals surface area contributed by atoms with Gasteiger partial charge in [0.2, 0.25) is 10.0 Å². The van der Waals surface area contributed by atoms with E-state index in [2.05, 4.69) is 22.0 Å². The van der Waals surface area contributed by atoms with E-state index in [0.717, 1.165) is 38.3 Å². The van der Waals surface area contributed by atoms with E-state index in [4.69, 9.17) is 5.14 Å². The van der Waals surface area contributed by atoms with Gasteiger partial charge < -0.3 is 15.1 Å². The van der Waals surface area contributed by atoms with E-state index in [9.17, 15) is 13.2 Å². The smallest absolute Gasteiger partial charge is 0.255 e. The summed E-state index contributed by atoms with van der Waals surface area (Å²) >= 11 is 0. The minimum absolute atomic E-state index is 0.0778. The van der Waals surface area contributed by atoms with Crippen molar-refractivity contribution in [1.29, 1.82) is 0 Å². The Balaban J connectivity index is 1.76. The highest BCUT2D eigenvalue weighted by Crippen LogP contribution is 2.25. The number of hydrogen-bond donors (Lipinski definition) is 2. The van der Waals surface area contributed by atoms with Gasteiger partial charge in [-0.1, -0.05) is 13.0 Å². The lowest BCUT2D eigenvalue weighted by atomic mass is 10.1. The fraction of sp³-hybridized carbons (Fsp3) is 0.381. The molecule has 0 spiro atoms. The molecule has 3 rings (SSSR count). The Morgan fingerprint density at radius 2 is 1.72 bits per heavy atom. The van der Waals surface area contributed by atoms with Gasteiger partial charge in [-0.15, -0.1) is 0 Å². The Hall–Kier alpha value is -2.42. The molecule has 8 heteroatoms. The number of nitrogens with one attached hydrogen (secondary N) is 1. The molecule has 1 amide bonds. The SMILES string of the molecule is CCN1CCN(c2ccc(NC(=O)c3cc(S(N)(=O)=O)ccc3C)cc2C)CC1. The number of nitrogens with two attached hydrogens (primary N) is 1. The van der Waals surface area contributed by atoms with Crippen LogP contribution in [0, 0.1) is 13.8 Å². The van der Waals surface area contributed by atoms with Gasteiger partial charge in [-0.3, -0.25) is 4.79 Å². The fourth-order valence-electron chi connectivity index (χ4n) is 3.61. The summed E-state index contributed by atoms with van der Waals surface area (Å²) in [5, 5.41) is 8.05. The van der Waals surface area contributed by atoms with Crippen LogP contribution in [-0.2, 0) is 10.0 Å². The molecule has 1 saturated heterocycles. The first-order valence-electron chi connectivity index (χ1n) is 9.72. The number of nitrogens with zero attached hydrogens (tertiary/aromatic N) is 2. The van der Waals surface area contributed by atoms with Gasteiger partial charge in [0.05, 0.1) is 4.90 Å². The number of aryl methyl sites for hydroxylation is 2. The number of anilines is 2. The fourth-order valence-corrected chi connectivity index (χ4v) is 4.15. The predicted molar refractivity (Wildman–Crippen MR) is 116 cm³/mol. The molecule has 2 aromatic carbocycles. The maximum Gasteiger partial charge on any atom is 0.255 e. The van der Waals surface area contributed by atoms with Crippen molar-refractivity contribution in [3.8, 4) is 0 Å². The molecule has 0 aliphatic carbocycles. The summed E-state index contributed by atoms with van der Waals surface area (Å²) in [5.41, 5.74) is 3.89. The Kier molecular flexibility index (Phi) is 6.26. The molecule has 7 nitrogen and oxygen atoms in total. The summed E-state index contributed by atoms with van der Waals surface area (Å²) in [6.07, 6.45) is 0. The van der Waals surface area contributed by atoms with Crippen molar-refractivity contribution in [3.63, 3.8) is 0 Å². The number of piperazine rings is 1. The lowest BCUT2D eigenvalue weighted by molar-refractivity contribution is 0.102. The summed E-state index contributed by atoms with van der Waals surface area (Å²) in [4.78, 5) is 17.4. The molecular weight excluding hydrogens is 388 g/mol. The van der Waals surface area contributed by atoms with E-state index in [1.807, 2.05) is 25.1 Å². The second-order valence-corrected chi connectivity index (χ2v) is 8.96. The summed E-state index contributed by atoms with van der Waals surface area (Å²) in [5.74, 6) is -0.364. The van der Waals surface area contributed by atoms with E-state index >= 15 is 0 Å². The lowest BCUT2D eigenvalue weighted by Gasteiger charge is -2.36. The Morgan fingerprint density at radius 3 is 2.31 bits per heavy atom. The highest BCUT2D eigenvalue weighted by atomic mass is 32.2. The van der Waals surface area contributed by atoms with Crippen molar-refractivity contribution in [2.24, 2.45) is 5.14 Å². The monoisotopic (exact) mass is 416 g/mol. The molecule has 2 aromatic rings. The highest BCUT2D eigenvalue weighted by molar-refractivity contribution is 7.89. The number of amides is 1. The normalized spacial score (nSPS) is 15.4. The van der Waals surface area contributed by atoms with Crippen LogP contribution >= 0.6 is 0 Å². The molecule has 0 saturated carbocycles. The van der Waals surface area contributed by atoms with Gasteiger partial charge in [0.25, 0.3) is 5.91 Å². The molecular formula is C21H28N4O3S. The zero-order valence-electron chi connectivity index (χ0n) is 17.1. The maximum atomic E-state index is 12.7. The second-order valence-electron chi connectivity index (χ2n) is 7.40. The molecule has 1 fully saturated rings. The number of hydrogen-bond acceptors (Lipinski definition) is 5. The number of carbonyl (C=O) groups excluding carboxylic acids is 1. The highest BCUT2D eigenvalue weighted by Gasteiger charge is 2.18. The van der Waals surface area contributed by atoms with Crippen LogP contribution in [0.2, 0.25) is 0 Å². The average molecular weight is 417 g/mol. The van der Waals surface area contributed by atoms with Gasteiger partial charge in [-0.2, -0.15) is 0 Å².